The molecule has 11 heavy (non-hydrogen) atoms. The van der Waals surface area contributed by atoms with Crippen molar-refractivity contribution in [3.63, 3.8) is 0 Å². The molecule has 1 aliphatic heterocycles. The summed E-state index contributed by atoms with van der Waals surface area (Å²) in [4.78, 5) is 2.43. The maximum atomic E-state index is 5.45. The summed E-state index contributed by atoms with van der Waals surface area (Å²) in [6, 6.07) is 0. The average molecular weight is 156 g/mol. The fourth-order valence-electron chi connectivity index (χ4n) is 1.48. The van der Waals surface area contributed by atoms with Crippen LogP contribution in [0.1, 0.15) is 20.8 Å². The molecule has 2 N–H and O–H groups in total. The van der Waals surface area contributed by atoms with Crippen LogP contribution in [0, 0.1) is 11.3 Å². The molecule has 0 unspecified atom stereocenters. The first-order valence-corrected chi connectivity index (χ1v) is 4.46. The van der Waals surface area contributed by atoms with Gasteiger partial charge in [0.25, 0.3) is 0 Å². The van der Waals surface area contributed by atoms with Gasteiger partial charge in [0.2, 0.25) is 0 Å². The van der Waals surface area contributed by atoms with Gasteiger partial charge >= 0.3 is 0 Å². The lowest BCUT2D eigenvalue weighted by Gasteiger charge is -2.46. The summed E-state index contributed by atoms with van der Waals surface area (Å²) in [6.07, 6.45) is 0. The smallest absolute Gasteiger partial charge is 0.0105 e. The Hall–Kier alpha value is -0.0800. The minimum Gasteiger partial charge on any atom is -0.329 e. The lowest BCUT2D eigenvalue weighted by molar-refractivity contribution is 0.0274. The largest absolute Gasteiger partial charge is 0.329 e. The lowest BCUT2D eigenvalue weighted by Crippen LogP contribution is -2.53. The molecule has 2 heteroatoms. The number of likely N-dealkylation sites (tertiary alicyclic amines) is 1. The van der Waals surface area contributed by atoms with Gasteiger partial charge in [0.15, 0.2) is 0 Å². The summed E-state index contributed by atoms with van der Waals surface area (Å²) in [6.45, 7) is 11.3. The maximum absolute atomic E-state index is 5.45. The van der Waals surface area contributed by atoms with Crippen molar-refractivity contribution in [2.24, 2.45) is 17.1 Å². The zero-order chi connectivity index (χ0) is 8.48. The van der Waals surface area contributed by atoms with Gasteiger partial charge in [0, 0.05) is 26.2 Å². The summed E-state index contributed by atoms with van der Waals surface area (Å²) in [7, 11) is 0. The molecule has 0 radical (unpaired) electrons. The molecule has 0 aromatic carbocycles. The fraction of sp³-hybridized carbons (Fsp3) is 1.00. The third kappa shape index (κ3) is 2.17. The van der Waals surface area contributed by atoms with Crippen LogP contribution in [0.2, 0.25) is 0 Å². The third-order valence-corrected chi connectivity index (χ3v) is 2.63. The molecule has 1 rings (SSSR count). The molecular formula is C9H20N2. The highest BCUT2D eigenvalue weighted by atomic mass is 15.2. The van der Waals surface area contributed by atoms with Crippen LogP contribution in [-0.2, 0) is 0 Å². The Balaban J connectivity index is 2.19. The Morgan fingerprint density at radius 3 is 2.27 bits per heavy atom. The number of hydrogen-bond acceptors (Lipinski definition) is 2. The van der Waals surface area contributed by atoms with Crippen molar-refractivity contribution in [2.75, 3.05) is 26.2 Å². The van der Waals surface area contributed by atoms with Crippen LogP contribution in [-0.4, -0.2) is 31.1 Å². The standard InChI is InChI=1S/C9H20N2/c1-9(2,3)8-6-11(7-8)5-4-10/h8H,4-7,10H2,1-3H3. The summed E-state index contributed by atoms with van der Waals surface area (Å²) in [5.74, 6) is 0.883. The van der Waals surface area contributed by atoms with E-state index >= 15 is 0 Å². The molecule has 0 atom stereocenters. The molecule has 0 aliphatic carbocycles. The van der Waals surface area contributed by atoms with E-state index in [1.54, 1.807) is 0 Å². The molecule has 2 nitrogen and oxygen atoms in total. The van der Waals surface area contributed by atoms with Gasteiger partial charge in [-0.15, -0.1) is 0 Å². The van der Waals surface area contributed by atoms with Crippen LogP contribution in [0.5, 0.6) is 0 Å². The van der Waals surface area contributed by atoms with E-state index in [2.05, 4.69) is 25.7 Å². The van der Waals surface area contributed by atoms with E-state index in [0.29, 0.717) is 5.41 Å². The van der Waals surface area contributed by atoms with Crippen molar-refractivity contribution in [1.29, 1.82) is 0 Å². The second kappa shape index (κ2) is 3.11. The van der Waals surface area contributed by atoms with E-state index < -0.39 is 0 Å². The van der Waals surface area contributed by atoms with Crippen LogP contribution >= 0.6 is 0 Å². The predicted octanol–water partition coefficient (Wildman–Crippen LogP) is 0.923. The second-order valence-corrected chi connectivity index (χ2v) is 4.61. The quantitative estimate of drug-likeness (QED) is 0.644. The van der Waals surface area contributed by atoms with Gasteiger partial charge < -0.3 is 10.6 Å². The van der Waals surface area contributed by atoms with Crippen LogP contribution in [0.4, 0.5) is 0 Å². The molecule has 0 bridgehead atoms. The zero-order valence-electron chi connectivity index (χ0n) is 7.93. The van der Waals surface area contributed by atoms with Crippen molar-refractivity contribution < 1.29 is 0 Å². The van der Waals surface area contributed by atoms with Gasteiger partial charge in [-0.3, -0.25) is 0 Å². The van der Waals surface area contributed by atoms with Crippen molar-refractivity contribution in [1.82, 2.24) is 4.90 Å². The Kier molecular flexibility index (Phi) is 2.55. The molecule has 0 amide bonds. The fourth-order valence-corrected chi connectivity index (χ4v) is 1.48. The zero-order valence-corrected chi connectivity index (χ0v) is 7.93. The molecule has 0 aromatic rings. The maximum Gasteiger partial charge on any atom is 0.0105 e. The van der Waals surface area contributed by atoms with Gasteiger partial charge in [-0.05, 0) is 11.3 Å². The normalized spacial score (nSPS) is 21.8. The molecule has 0 saturated carbocycles. The highest BCUT2D eigenvalue weighted by molar-refractivity contribution is 4.87. The minimum absolute atomic E-state index is 0.491. The third-order valence-electron chi connectivity index (χ3n) is 2.63. The summed E-state index contributed by atoms with van der Waals surface area (Å²) in [5.41, 5.74) is 5.94. The van der Waals surface area contributed by atoms with Gasteiger partial charge in [-0.1, -0.05) is 20.8 Å². The average Bonchev–Trinajstić information content (AvgIpc) is 1.74. The van der Waals surface area contributed by atoms with E-state index in [9.17, 15) is 0 Å². The summed E-state index contributed by atoms with van der Waals surface area (Å²) >= 11 is 0. The van der Waals surface area contributed by atoms with E-state index in [0.717, 1.165) is 19.0 Å². The molecule has 0 spiro atoms. The van der Waals surface area contributed by atoms with Crippen LogP contribution in [0.15, 0.2) is 0 Å². The van der Waals surface area contributed by atoms with Crippen molar-refractivity contribution in [2.45, 2.75) is 20.8 Å². The van der Waals surface area contributed by atoms with Gasteiger partial charge in [0.1, 0.15) is 0 Å². The van der Waals surface area contributed by atoms with Crippen molar-refractivity contribution >= 4 is 0 Å². The van der Waals surface area contributed by atoms with E-state index in [1.807, 2.05) is 0 Å². The Bertz CT molecular complexity index is 120. The minimum atomic E-state index is 0.491. The van der Waals surface area contributed by atoms with E-state index in [4.69, 9.17) is 5.73 Å². The first-order chi connectivity index (χ1) is 5.04. The second-order valence-electron chi connectivity index (χ2n) is 4.61. The Morgan fingerprint density at radius 1 is 1.36 bits per heavy atom. The van der Waals surface area contributed by atoms with E-state index in [-0.39, 0.29) is 0 Å². The predicted molar refractivity (Wildman–Crippen MR) is 48.4 cm³/mol. The highest BCUT2D eigenvalue weighted by Gasteiger charge is 2.34. The first-order valence-electron chi connectivity index (χ1n) is 4.46. The van der Waals surface area contributed by atoms with Crippen molar-refractivity contribution in [3.05, 3.63) is 0 Å². The highest BCUT2D eigenvalue weighted by Crippen LogP contribution is 2.32. The Morgan fingerprint density at radius 2 is 1.91 bits per heavy atom. The molecule has 66 valence electrons. The number of rotatable bonds is 2. The number of hydrogen-bond donors (Lipinski definition) is 1. The molecule has 0 aromatic heterocycles. The van der Waals surface area contributed by atoms with E-state index in [1.165, 1.54) is 13.1 Å². The molecule has 1 fully saturated rings. The number of nitrogens with zero attached hydrogens (tertiary/aromatic N) is 1. The van der Waals surface area contributed by atoms with Crippen molar-refractivity contribution in [3.8, 4) is 0 Å². The Labute approximate surface area is 69.8 Å². The van der Waals surface area contributed by atoms with Gasteiger partial charge in [-0.25, -0.2) is 0 Å². The summed E-state index contributed by atoms with van der Waals surface area (Å²) < 4.78 is 0. The monoisotopic (exact) mass is 156 g/mol. The van der Waals surface area contributed by atoms with Crippen LogP contribution in [0.25, 0.3) is 0 Å². The van der Waals surface area contributed by atoms with Crippen LogP contribution < -0.4 is 5.73 Å². The molecule has 1 saturated heterocycles. The van der Waals surface area contributed by atoms with Gasteiger partial charge in [0.05, 0.1) is 0 Å². The molecular weight excluding hydrogens is 136 g/mol. The SMILES string of the molecule is CC(C)(C)C1CN(CCN)C1. The number of nitrogens with two attached hydrogens (primary N) is 1. The van der Waals surface area contributed by atoms with Gasteiger partial charge in [-0.2, -0.15) is 0 Å². The van der Waals surface area contributed by atoms with Crippen LogP contribution in [0.3, 0.4) is 0 Å². The first kappa shape index (κ1) is 9.01. The molecule has 1 aliphatic rings. The lowest BCUT2D eigenvalue weighted by atomic mass is 9.76. The summed E-state index contributed by atoms with van der Waals surface area (Å²) in [5, 5.41) is 0. The molecule has 1 heterocycles. The topological polar surface area (TPSA) is 29.3 Å².